The lowest BCUT2D eigenvalue weighted by Gasteiger charge is -2.15. The third kappa shape index (κ3) is 3.17. The van der Waals surface area contributed by atoms with Crippen molar-refractivity contribution in [1.29, 1.82) is 0 Å². The van der Waals surface area contributed by atoms with Gasteiger partial charge in [0.1, 0.15) is 10.8 Å². The Labute approximate surface area is 116 Å². The van der Waals surface area contributed by atoms with Crippen molar-refractivity contribution in [2.75, 3.05) is 17.6 Å². The van der Waals surface area contributed by atoms with Gasteiger partial charge in [0.2, 0.25) is 0 Å². The number of nitrogen functional groups attached to an aromatic ring is 1. The summed E-state index contributed by atoms with van der Waals surface area (Å²) in [6, 6.07) is 3.34. The molecule has 0 saturated heterocycles. The molecular formula is C11H11F3N4OS. The van der Waals surface area contributed by atoms with Gasteiger partial charge in [-0.05, 0) is 29.2 Å². The number of aliphatic hydroxyl groups is 1. The van der Waals surface area contributed by atoms with Crippen molar-refractivity contribution >= 4 is 22.4 Å². The molecule has 9 heteroatoms. The first-order valence-corrected chi connectivity index (χ1v) is 6.31. The fourth-order valence-electron chi connectivity index (χ4n) is 1.53. The van der Waals surface area contributed by atoms with Crippen molar-refractivity contribution in [2.45, 2.75) is 12.3 Å². The first-order valence-electron chi connectivity index (χ1n) is 5.54. The fourth-order valence-corrected chi connectivity index (χ4v) is 2.27. The van der Waals surface area contributed by atoms with Crippen molar-refractivity contribution in [1.82, 2.24) is 9.36 Å². The molecule has 2 aromatic rings. The number of nitrogens with one attached hydrogen (secondary N) is 1. The van der Waals surface area contributed by atoms with E-state index in [1.165, 1.54) is 0 Å². The van der Waals surface area contributed by atoms with Gasteiger partial charge >= 0.3 is 6.18 Å². The summed E-state index contributed by atoms with van der Waals surface area (Å²) < 4.78 is 40.6. The predicted octanol–water partition coefficient (Wildman–Crippen LogP) is 2.12. The van der Waals surface area contributed by atoms with E-state index in [4.69, 9.17) is 10.8 Å². The van der Waals surface area contributed by atoms with Crippen molar-refractivity contribution in [3.8, 4) is 11.1 Å². The van der Waals surface area contributed by atoms with Crippen LogP contribution in [0.4, 0.5) is 24.0 Å². The molecule has 0 aliphatic heterocycles. The fraction of sp³-hybridized carbons (Fsp3) is 0.273. The standard InChI is InChI=1S/C11H11F3N4OS/c12-11(13,14)7(19)5-17-10-8(9(15)18-20-10)6-1-3-16-4-2-6/h1-4,7,17,19H,5H2,(H2,15,18). The van der Waals surface area contributed by atoms with E-state index in [1.54, 1.807) is 24.5 Å². The molecule has 20 heavy (non-hydrogen) atoms. The summed E-state index contributed by atoms with van der Waals surface area (Å²) in [7, 11) is 0. The van der Waals surface area contributed by atoms with Crippen LogP contribution in [0.2, 0.25) is 0 Å². The lowest BCUT2D eigenvalue weighted by Crippen LogP contribution is -2.34. The Bertz CT molecular complexity index is 573. The molecule has 2 aromatic heterocycles. The van der Waals surface area contributed by atoms with Crippen LogP contribution in [0.1, 0.15) is 0 Å². The van der Waals surface area contributed by atoms with Gasteiger partial charge in [0, 0.05) is 12.4 Å². The molecule has 0 aliphatic carbocycles. The molecule has 4 N–H and O–H groups in total. The zero-order valence-electron chi connectivity index (χ0n) is 10.1. The number of nitrogens with two attached hydrogens (primary N) is 1. The van der Waals surface area contributed by atoms with Crippen molar-refractivity contribution in [3.05, 3.63) is 24.5 Å². The third-order valence-corrected chi connectivity index (χ3v) is 3.34. The molecule has 108 valence electrons. The van der Waals surface area contributed by atoms with Crippen LogP contribution >= 0.6 is 11.5 Å². The molecule has 0 fully saturated rings. The minimum absolute atomic E-state index is 0.213. The van der Waals surface area contributed by atoms with E-state index in [0.29, 0.717) is 16.1 Å². The molecule has 2 heterocycles. The second kappa shape index (κ2) is 5.63. The van der Waals surface area contributed by atoms with Crippen LogP contribution in [-0.2, 0) is 0 Å². The molecule has 1 atom stereocenters. The minimum Gasteiger partial charge on any atom is -0.382 e. The summed E-state index contributed by atoms with van der Waals surface area (Å²) in [6.07, 6.45) is -4.03. The van der Waals surface area contributed by atoms with E-state index >= 15 is 0 Å². The molecule has 0 aromatic carbocycles. The molecule has 0 saturated carbocycles. The third-order valence-electron chi connectivity index (χ3n) is 2.52. The van der Waals surface area contributed by atoms with Gasteiger partial charge in [0.05, 0.1) is 12.1 Å². The second-order valence-electron chi connectivity index (χ2n) is 3.95. The lowest BCUT2D eigenvalue weighted by molar-refractivity contribution is -0.198. The largest absolute Gasteiger partial charge is 0.416 e. The molecule has 1 unspecified atom stereocenters. The Morgan fingerprint density at radius 1 is 1.35 bits per heavy atom. The number of hydrogen-bond donors (Lipinski definition) is 3. The topological polar surface area (TPSA) is 84.1 Å². The van der Waals surface area contributed by atoms with Gasteiger partial charge in [-0.1, -0.05) is 0 Å². The van der Waals surface area contributed by atoms with Crippen LogP contribution in [0.15, 0.2) is 24.5 Å². The number of nitrogens with zero attached hydrogens (tertiary/aromatic N) is 2. The van der Waals surface area contributed by atoms with Crippen molar-refractivity contribution in [2.24, 2.45) is 0 Å². The summed E-state index contributed by atoms with van der Waals surface area (Å²) in [6.45, 7) is -0.663. The predicted molar refractivity (Wildman–Crippen MR) is 70.3 cm³/mol. The monoisotopic (exact) mass is 304 g/mol. The van der Waals surface area contributed by atoms with E-state index in [-0.39, 0.29) is 5.82 Å². The first-order chi connectivity index (χ1) is 9.39. The van der Waals surface area contributed by atoms with E-state index in [1.807, 2.05) is 0 Å². The van der Waals surface area contributed by atoms with E-state index in [9.17, 15) is 13.2 Å². The van der Waals surface area contributed by atoms with Crippen LogP contribution < -0.4 is 11.1 Å². The smallest absolute Gasteiger partial charge is 0.382 e. The van der Waals surface area contributed by atoms with Gasteiger partial charge in [-0.2, -0.15) is 17.5 Å². The minimum atomic E-state index is -4.67. The van der Waals surface area contributed by atoms with Crippen LogP contribution in [0, 0.1) is 0 Å². The van der Waals surface area contributed by atoms with E-state index < -0.39 is 18.8 Å². The van der Waals surface area contributed by atoms with Gasteiger partial charge in [0.25, 0.3) is 0 Å². The number of rotatable bonds is 4. The zero-order chi connectivity index (χ0) is 14.8. The normalized spacial score (nSPS) is 13.2. The van der Waals surface area contributed by atoms with Gasteiger partial charge < -0.3 is 16.2 Å². The summed E-state index contributed by atoms with van der Waals surface area (Å²) in [4.78, 5) is 3.85. The highest BCUT2D eigenvalue weighted by molar-refractivity contribution is 7.11. The summed E-state index contributed by atoms with van der Waals surface area (Å²) in [5, 5.41) is 11.9. The van der Waals surface area contributed by atoms with Gasteiger partial charge in [0.15, 0.2) is 6.10 Å². The summed E-state index contributed by atoms with van der Waals surface area (Å²) in [5.41, 5.74) is 6.92. The number of aromatic nitrogens is 2. The highest BCUT2D eigenvalue weighted by atomic mass is 32.1. The summed E-state index contributed by atoms with van der Waals surface area (Å²) in [5.74, 6) is 0.213. The van der Waals surface area contributed by atoms with E-state index in [2.05, 4.69) is 14.7 Å². The average Bonchev–Trinajstić information content (AvgIpc) is 2.77. The van der Waals surface area contributed by atoms with Crippen molar-refractivity contribution in [3.63, 3.8) is 0 Å². The number of alkyl halides is 3. The SMILES string of the molecule is Nc1nsc(NCC(O)C(F)(F)F)c1-c1ccncc1. The number of aliphatic hydroxyl groups excluding tert-OH is 1. The average molecular weight is 304 g/mol. The number of anilines is 2. The molecule has 0 spiro atoms. The van der Waals surface area contributed by atoms with Crippen LogP contribution in [0.25, 0.3) is 11.1 Å². The van der Waals surface area contributed by atoms with Crippen LogP contribution in [0.3, 0.4) is 0 Å². The van der Waals surface area contributed by atoms with E-state index in [0.717, 1.165) is 11.5 Å². The van der Waals surface area contributed by atoms with Gasteiger partial charge in [-0.15, -0.1) is 0 Å². The number of halogens is 3. The maximum atomic E-state index is 12.2. The molecule has 0 aliphatic rings. The maximum absolute atomic E-state index is 12.2. The molecule has 0 bridgehead atoms. The Hall–Kier alpha value is -1.87. The molecule has 2 rings (SSSR count). The molecule has 0 radical (unpaired) electrons. The summed E-state index contributed by atoms with van der Waals surface area (Å²) >= 11 is 0.939. The van der Waals surface area contributed by atoms with Gasteiger partial charge in [-0.3, -0.25) is 4.98 Å². The Kier molecular flexibility index (Phi) is 4.09. The van der Waals surface area contributed by atoms with Crippen LogP contribution in [-0.4, -0.2) is 33.3 Å². The maximum Gasteiger partial charge on any atom is 0.416 e. The molecule has 5 nitrogen and oxygen atoms in total. The first kappa shape index (κ1) is 14.5. The number of pyridine rings is 1. The lowest BCUT2D eigenvalue weighted by atomic mass is 10.1. The van der Waals surface area contributed by atoms with Crippen LogP contribution in [0.5, 0.6) is 0 Å². The molecular weight excluding hydrogens is 293 g/mol. The Morgan fingerprint density at radius 2 is 2.00 bits per heavy atom. The Balaban J connectivity index is 2.19. The second-order valence-corrected chi connectivity index (χ2v) is 4.72. The highest BCUT2D eigenvalue weighted by Crippen LogP contribution is 2.36. The van der Waals surface area contributed by atoms with Gasteiger partial charge in [-0.25, -0.2) is 0 Å². The Morgan fingerprint density at radius 3 is 2.60 bits per heavy atom. The highest BCUT2D eigenvalue weighted by Gasteiger charge is 2.38. The number of hydrogen-bond acceptors (Lipinski definition) is 6. The quantitative estimate of drug-likeness (QED) is 0.806. The molecule has 0 amide bonds. The zero-order valence-corrected chi connectivity index (χ0v) is 10.9. The van der Waals surface area contributed by atoms with Crippen molar-refractivity contribution < 1.29 is 18.3 Å².